The largest absolute Gasteiger partial charge is 0.459 e. The Balaban J connectivity index is 1.65. The lowest BCUT2D eigenvalue weighted by Gasteiger charge is -2.24. The molecule has 1 aliphatic heterocycles. The third kappa shape index (κ3) is 4.45. The molecule has 0 atom stereocenters. The summed E-state index contributed by atoms with van der Waals surface area (Å²) in [6, 6.07) is 19.8. The molecule has 1 aliphatic rings. The van der Waals surface area contributed by atoms with Crippen molar-refractivity contribution in [2.24, 2.45) is 0 Å². The van der Waals surface area contributed by atoms with Crippen LogP contribution in [0, 0.1) is 0 Å². The first kappa shape index (κ1) is 16.7. The molecular weight excluding hydrogens is 298 g/mol. The first-order chi connectivity index (χ1) is 11.8. The zero-order valence-electron chi connectivity index (χ0n) is 14.1. The van der Waals surface area contributed by atoms with E-state index < -0.39 is 0 Å². The normalized spacial score (nSPS) is 15.4. The smallest absolute Gasteiger partial charge is 0.318 e. The summed E-state index contributed by atoms with van der Waals surface area (Å²) in [6.07, 6.45) is 3.92. The molecule has 0 radical (unpaired) electrons. The summed E-state index contributed by atoms with van der Waals surface area (Å²) in [5, 5.41) is 0. The minimum atomic E-state index is -0.344. The average molecular weight is 324 g/mol. The quantitative estimate of drug-likeness (QED) is 0.828. The highest BCUT2D eigenvalue weighted by molar-refractivity contribution is 5.82. The molecule has 0 saturated carbocycles. The highest BCUT2D eigenvalue weighted by Gasteiger charge is 2.24. The predicted molar refractivity (Wildman–Crippen MR) is 95.1 cm³/mol. The van der Waals surface area contributed by atoms with E-state index in [4.69, 9.17) is 4.74 Å². The number of hydrogen-bond acceptors (Lipinski definition) is 2. The summed E-state index contributed by atoms with van der Waals surface area (Å²) < 4.78 is 5.66. The van der Waals surface area contributed by atoms with Gasteiger partial charge in [0.15, 0.2) is 0 Å². The van der Waals surface area contributed by atoms with Gasteiger partial charge in [0.25, 0.3) is 0 Å². The summed E-state index contributed by atoms with van der Waals surface area (Å²) in [6.45, 7) is 3.84. The maximum atomic E-state index is 12.8. The van der Waals surface area contributed by atoms with Gasteiger partial charge < -0.3 is 9.64 Å². The van der Waals surface area contributed by atoms with Gasteiger partial charge in [0.05, 0.1) is 13.1 Å². The molecule has 0 bridgehead atoms. The molecule has 3 heteroatoms. The second-order valence-corrected chi connectivity index (χ2v) is 6.48. The molecule has 3 rings (SSSR count). The molecule has 1 fully saturated rings. The van der Waals surface area contributed by atoms with Crippen LogP contribution in [0.25, 0.3) is 0 Å². The van der Waals surface area contributed by atoms with E-state index in [1.165, 1.54) is 32.4 Å². The van der Waals surface area contributed by atoms with Crippen molar-refractivity contribution in [3.05, 3.63) is 71.8 Å². The number of carbonyl (C=O) groups excluding carboxylic acids is 1. The Bertz CT molecular complexity index is 581. The number of benzene rings is 2. The summed E-state index contributed by atoms with van der Waals surface area (Å²) in [5.41, 5.74) is 1.97. The number of piperidine rings is 1. The topological polar surface area (TPSA) is 30.7 Å². The molecule has 0 aliphatic carbocycles. The Kier molecular flexibility index (Phi) is 6.02. The maximum absolute atomic E-state index is 12.8. The minimum Gasteiger partial charge on any atom is -0.459 e. The van der Waals surface area contributed by atoms with E-state index in [2.05, 4.69) is 0 Å². The Morgan fingerprint density at radius 3 is 1.96 bits per heavy atom. The van der Waals surface area contributed by atoms with Crippen molar-refractivity contribution < 1.29 is 14.4 Å². The molecule has 1 heterocycles. The number of carbonyl (C=O) groups is 1. The second kappa shape index (κ2) is 8.65. The van der Waals surface area contributed by atoms with Gasteiger partial charge in [0, 0.05) is 0 Å². The molecule has 0 spiro atoms. The predicted octanol–water partition coefficient (Wildman–Crippen LogP) is 2.43. The lowest BCUT2D eigenvalue weighted by atomic mass is 9.91. The van der Waals surface area contributed by atoms with Crippen LogP contribution in [0.5, 0.6) is 0 Å². The van der Waals surface area contributed by atoms with Gasteiger partial charge in [-0.2, -0.15) is 0 Å². The van der Waals surface area contributed by atoms with E-state index in [0.29, 0.717) is 6.61 Å². The molecule has 0 unspecified atom stereocenters. The summed E-state index contributed by atoms with van der Waals surface area (Å²) in [4.78, 5) is 14.3. The van der Waals surface area contributed by atoms with Gasteiger partial charge in [-0.15, -0.1) is 0 Å². The zero-order valence-corrected chi connectivity index (χ0v) is 14.1. The average Bonchev–Trinajstić information content (AvgIpc) is 2.65. The summed E-state index contributed by atoms with van der Waals surface area (Å²) in [7, 11) is 0. The molecule has 1 saturated heterocycles. The van der Waals surface area contributed by atoms with Gasteiger partial charge >= 0.3 is 5.97 Å². The van der Waals surface area contributed by atoms with Crippen LogP contribution in [-0.4, -0.2) is 32.2 Å². The van der Waals surface area contributed by atoms with Crippen molar-refractivity contribution in [1.82, 2.24) is 0 Å². The Labute approximate surface area is 144 Å². The second-order valence-electron chi connectivity index (χ2n) is 6.48. The molecule has 24 heavy (non-hydrogen) atoms. The number of hydrogen-bond donors (Lipinski definition) is 1. The van der Waals surface area contributed by atoms with Gasteiger partial charge in [0.2, 0.25) is 0 Å². The van der Waals surface area contributed by atoms with Crippen LogP contribution in [-0.2, 0) is 9.53 Å². The number of esters is 1. The Hall–Kier alpha value is -2.13. The van der Waals surface area contributed by atoms with E-state index in [-0.39, 0.29) is 11.9 Å². The van der Waals surface area contributed by atoms with Gasteiger partial charge in [-0.05, 0) is 30.4 Å². The molecular formula is C21H26NO2+. The summed E-state index contributed by atoms with van der Waals surface area (Å²) >= 11 is 0. The van der Waals surface area contributed by atoms with E-state index in [1.54, 1.807) is 4.90 Å². The number of ether oxygens (including phenoxy) is 1. The SMILES string of the molecule is O=C(OCC[NH+]1CCCCC1)C(c1ccccc1)c1ccccc1. The van der Waals surface area contributed by atoms with Crippen LogP contribution in [0.4, 0.5) is 0 Å². The van der Waals surface area contributed by atoms with E-state index in [1.807, 2.05) is 60.7 Å². The van der Waals surface area contributed by atoms with E-state index in [0.717, 1.165) is 17.7 Å². The molecule has 0 aromatic heterocycles. The molecule has 2 aromatic rings. The highest BCUT2D eigenvalue weighted by atomic mass is 16.5. The standard InChI is InChI=1S/C21H25NO2/c23-21(24-17-16-22-14-8-3-9-15-22)20(18-10-4-1-5-11-18)19-12-6-2-7-13-19/h1-2,4-7,10-13,20H,3,8-9,14-17H2/p+1. The lowest BCUT2D eigenvalue weighted by Crippen LogP contribution is -3.13. The van der Waals surface area contributed by atoms with Gasteiger partial charge in [0.1, 0.15) is 19.1 Å². The van der Waals surface area contributed by atoms with Crippen molar-refractivity contribution in [3.63, 3.8) is 0 Å². The number of likely N-dealkylation sites (tertiary alicyclic amines) is 1. The Morgan fingerprint density at radius 2 is 1.42 bits per heavy atom. The fourth-order valence-corrected chi connectivity index (χ4v) is 3.44. The van der Waals surface area contributed by atoms with Crippen molar-refractivity contribution in [2.75, 3.05) is 26.2 Å². The third-order valence-corrected chi connectivity index (χ3v) is 4.76. The van der Waals surface area contributed by atoms with Crippen molar-refractivity contribution >= 4 is 5.97 Å². The van der Waals surface area contributed by atoms with Gasteiger partial charge in [-0.25, -0.2) is 0 Å². The molecule has 1 N–H and O–H groups in total. The van der Waals surface area contributed by atoms with Crippen LogP contribution in [0.1, 0.15) is 36.3 Å². The molecule has 126 valence electrons. The number of nitrogens with one attached hydrogen (secondary N) is 1. The van der Waals surface area contributed by atoms with Crippen molar-refractivity contribution in [3.8, 4) is 0 Å². The molecule has 2 aromatic carbocycles. The van der Waals surface area contributed by atoms with Crippen LogP contribution < -0.4 is 4.90 Å². The first-order valence-corrected chi connectivity index (χ1v) is 8.94. The third-order valence-electron chi connectivity index (χ3n) is 4.76. The van der Waals surface area contributed by atoms with E-state index >= 15 is 0 Å². The fraction of sp³-hybridized carbons (Fsp3) is 0.381. The minimum absolute atomic E-state index is 0.149. The van der Waals surface area contributed by atoms with Crippen LogP contribution in [0.3, 0.4) is 0 Å². The van der Waals surface area contributed by atoms with Crippen LogP contribution >= 0.6 is 0 Å². The van der Waals surface area contributed by atoms with Gasteiger partial charge in [-0.1, -0.05) is 60.7 Å². The van der Waals surface area contributed by atoms with Crippen LogP contribution in [0.15, 0.2) is 60.7 Å². The van der Waals surface area contributed by atoms with Crippen LogP contribution in [0.2, 0.25) is 0 Å². The molecule has 0 amide bonds. The summed E-state index contributed by atoms with van der Waals surface area (Å²) in [5.74, 6) is -0.493. The fourth-order valence-electron chi connectivity index (χ4n) is 3.44. The lowest BCUT2D eigenvalue weighted by molar-refractivity contribution is -0.905. The van der Waals surface area contributed by atoms with Gasteiger partial charge in [-0.3, -0.25) is 4.79 Å². The van der Waals surface area contributed by atoms with E-state index in [9.17, 15) is 4.79 Å². The monoisotopic (exact) mass is 324 g/mol. The molecule has 3 nitrogen and oxygen atoms in total. The number of rotatable bonds is 6. The highest BCUT2D eigenvalue weighted by Crippen LogP contribution is 2.25. The number of quaternary nitrogens is 1. The zero-order chi connectivity index (χ0) is 16.6. The maximum Gasteiger partial charge on any atom is 0.318 e. The van der Waals surface area contributed by atoms with Crippen molar-refractivity contribution in [1.29, 1.82) is 0 Å². The Morgan fingerprint density at radius 1 is 0.875 bits per heavy atom. The van der Waals surface area contributed by atoms with Crippen molar-refractivity contribution in [2.45, 2.75) is 25.2 Å². The first-order valence-electron chi connectivity index (χ1n) is 8.94.